The van der Waals surface area contributed by atoms with Gasteiger partial charge >= 0.3 is 0 Å². The quantitative estimate of drug-likeness (QED) is 0.529. The number of carbonyl (C=O) groups is 1. The van der Waals surface area contributed by atoms with Crippen molar-refractivity contribution in [3.05, 3.63) is 96.1 Å². The van der Waals surface area contributed by atoms with Crippen molar-refractivity contribution in [3.63, 3.8) is 0 Å². The zero-order valence-electron chi connectivity index (χ0n) is 14.1. The van der Waals surface area contributed by atoms with Gasteiger partial charge in [0.05, 0.1) is 16.8 Å². The Balaban J connectivity index is 1.84. The maximum Gasteiger partial charge on any atom is 0.256 e. The first-order valence-electron chi connectivity index (χ1n) is 8.34. The minimum Gasteiger partial charge on any atom is -0.317 e. The van der Waals surface area contributed by atoms with E-state index < -0.39 is 23.2 Å². The third kappa shape index (κ3) is 3.27. The smallest absolute Gasteiger partial charge is 0.256 e. The Morgan fingerprint density at radius 1 is 0.815 bits per heavy atom. The van der Waals surface area contributed by atoms with Crippen LogP contribution in [0.5, 0.6) is 0 Å². The van der Waals surface area contributed by atoms with Crippen LogP contribution in [-0.4, -0.2) is 10.9 Å². The van der Waals surface area contributed by atoms with Crippen molar-refractivity contribution in [1.29, 1.82) is 0 Å². The number of hydrogen-bond acceptors (Lipinski definition) is 2. The molecule has 4 aromatic rings. The van der Waals surface area contributed by atoms with E-state index in [4.69, 9.17) is 0 Å². The van der Waals surface area contributed by atoms with E-state index >= 15 is 0 Å². The molecule has 1 N–H and O–H groups in total. The second-order valence-electron chi connectivity index (χ2n) is 5.99. The summed E-state index contributed by atoms with van der Waals surface area (Å²) in [5, 5.41) is 2.95. The van der Waals surface area contributed by atoms with E-state index in [-0.39, 0.29) is 0 Å². The molecule has 0 aliphatic heterocycles. The molecule has 5 heteroatoms. The Bertz CT molecular complexity index is 1120. The molecular weight excluding hydrogens is 346 g/mol. The van der Waals surface area contributed by atoms with Crippen LogP contribution in [0.3, 0.4) is 0 Å². The second kappa shape index (κ2) is 6.96. The van der Waals surface area contributed by atoms with Gasteiger partial charge in [-0.1, -0.05) is 54.6 Å². The summed E-state index contributed by atoms with van der Waals surface area (Å²) in [7, 11) is 0. The predicted octanol–water partition coefficient (Wildman–Crippen LogP) is 5.43. The fraction of sp³-hybridized carbons (Fsp3) is 0. The molecule has 0 saturated carbocycles. The Hall–Kier alpha value is -3.60. The fourth-order valence-corrected chi connectivity index (χ4v) is 2.92. The van der Waals surface area contributed by atoms with E-state index in [1.165, 1.54) is 6.07 Å². The lowest BCUT2D eigenvalue weighted by Crippen LogP contribution is -2.15. The minimum atomic E-state index is -0.829. The van der Waals surface area contributed by atoms with Crippen LogP contribution in [0.4, 0.5) is 14.5 Å². The van der Waals surface area contributed by atoms with Crippen molar-refractivity contribution in [3.8, 4) is 11.3 Å². The van der Waals surface area contributed by atoms with Gasteiger partial charge in [-0.15, -0.1) is 0 Å². The van der Waals surface area contributed by atoms with Gasteiger partial charge in [0, 0.05) is 10.9 Å². The first kappa shape index (κ1) is 16.8. The molecule has 27 heavy (non-hydrogen) atoms. The summed E-state index contributed by atoms with van der Waals surface area (Å²) in [6.45, 7) is 0. The lowest BCUT2D eigenvalue weighted by Gasteiger charge is -2.11. The highest BCUT2D eigenvalue weighted by Gasteiger charge is 2.17. The molecule has 0 fully saturated rings. The van der Waals surface area contributed by atoms with E-state index in [2.05, 4.69) is 10.3 Å². The van der Waals surface area contributed by atoms with E-state index in [1.54, 1.807) is 24.3 Å². The number of para-hydroxylation sites is 2. The summed E-state index contributed by atoms with van der Waals surface area (Å²) in [4.78, 5) is 17.4. The molecule has 1 heterocycles. The predicted molar refractivity (Wildman–Crippen MR) is 101 cm³/mol. The number of rotatable bonds is 3. The molecule has 0 aliphatic carbocycles. The summed E-state index contributed by atoms with van der Waals surface area (Å²) < 4.78 is 27.8. The van der Waals surface area contributed by atoms with Gasteiger partial charge in [0.1, 0.15) is 17.3 Å². The number of aromatic nitrogens is 1. The first-order valence-corrected chi connectivity index (χ1v) is 8.34. The molecule has 0 bridgehead atoms. The molecule has 0 radical (unpaired) electrons. The van der Waals surface area contributed by atoms with E-state index in [1.807, 2.05) is 36.4 Å². The van der Waals surface area contributed by atoms with Crippen LogP contribution in [0.2, 0.25) is 0 Å². The molecule has 0 atom stereocenters. The molecule has 4 rings (SSSR count). The maximum atomic E-state index is 13.9. The van der Waals surface area contributed by atoms with Crippen molar-refractivity contribution in [1.82, 2.24) is 4.98 Å². The Kier molecular flexibility index (Phi) is 4.34. The third-order valence-electron chi connectivity index (χ3n) is 4.23. The van der Waals surface area contributed by atoms with Gasteiger partial charge in [0.15, 0.2) is 0 Å². The molecule has 1 amide bonds. The number of benzene rings is 3. The van der Waals surface area contributed by atoms with Crippen LogP contribution in [0.15, 0.2) is 78.9 Å². The highest BCUT2D eigenvalue weighted by atomic mass is 19.1. The maximum absolute atomic E-state index is 13.9. The Morgan fingerprint density at radius 3 is 2.22 bits per heavy atom. The normalized spacial score (nSPS) is 10.7. The van der Waals surface area contributed by atoms with Crippen LogP contribution >= 0.6 is 0 Å². The molecule has 0 saturated heterocycles. The van der Waals surface area contributed by atoms with E-state index in [0.717, 1.165) is 17.7 Å². The van der Waals surface area contributed by atoms with Gasteiger partial charge in [-0.25, -0.2) is 13.8 Å². The van der Waals surface area contributed by atoms with Crippen LogP contribution < -0.4 is 5.32 Å². The number of nitrogens with zero attached hydrogens (tertiary/aromatic N) is 1. The van der Waals surface area contributed by atoms with Gasteiger partial charge in [-0.2, -0.15) is 0 Å². The molecular formula is C22H14F2N2O. The number of nitrogens with one attached hydrogen (secondary N) is 1. The fourth-order valence-electron chi connectivity index (χ4n) is 2.92. The van der Waals surface area contributed by atoms with Gasteiger partial charge in [0.2, 0.25) is 0 Å². The van der Waals surface area contributed by atoms with Crippen LogP contribution in [0.25, 0.3) is 22.2 Å². The number of amides is 1. The number of fused-ring (bicyclic) bond motifs is 1. The molecule has 3 aromatic carbocycles. The number of anilines is 1. The summed E-state index contributed by atoms with van der Waals surface area (Å²) in [5.41, 5.74) is 1.90. The Morgan fingerprint density at radius 2 is 1.48 bits per heavy atom. The molecule has 0 aliphatic rings. The SMILES string of the molecule is O=C(Nc1c(F)cccc1F)c1cc(-c2ccccc2)nc2ccccc12. The van der Waals surface area contributed by atoms with Gasteiger partial charge in [-0.05, 0) is 24.3 Å². The van der Waals surface area contributed by atoms with Crippen molar-refractivity contribution in [2.24, 2.45) is 0 Å². The first-order chi connectivity index (χ1) is 13.1. The molecule has 3 nitrogen and oxygen atoms in total. The highest BCUT2D eigenvalue weighted by Crippen LogP contribution is 2.26. The third-order valence-corrected chi connectivity index (χ3v) is 4.23. The van der Waals surface area contributed by atoms with Crippen molar-refractivity contribution < 1.29 is 13.6 Å². The average molecular weight is 360 g/mol. The van der Waals surface area contributed by atoms with Gasteiger partial charge < -0.3 is 5.32 Å². The topological polar surface area (TPSA) is 42.0 Å². The lowest BCUT2D eigenvalue weighted by molar-refractivity contribution is 0.102. The zero-order valence-corrected chi connectivity index (χ0v) is 14.1. The van der Waals surface area contributed by atoms with Gasteiger partial charge in [0.25, 0.3) is 5.91 Å². The van der Waals surface area contributed by atoms with Crippen molar-refractivity contribution in [2.75, 3.05) is 5.32 Å². The van der Waals surface area contributed by atoms with Crippen molar-refractivity contribution >= 4 is 22.5 Å². The Labute approximate surface area is 154 Å². The number of pyridine rings is 1. The molecule has 0 spiro atoms. The minimum absolute atomic E-state index is 0.294. The van der Waals surface area contributed by atoms with E-state index in [0.29, 0.717) is 22.2 Å². The summed E-state index contributed by atoms with van der Waals surface area (Å²) in [6.07, 6.45) is 0. The van der Waals surface area contributed by atoms with Crippen LogP contribution in [0.1, 0.15) is 10.4 Å². The standard InChI is InChI=1S/C22H14F2N2O/c23-17-10-6-11-18(24)21(17)26-22(27)16-13-20(14-7-2-1-3-8-14)25-19-12-5-4-9-15(16)19/h1-13H,(H,26,27). The number of hydrogen-bond donors (Lipinski definition) is 1. The highest BCUT2D eigenvalue weighted by molar-refractivity contribution is 6.13. The monoisotopic (exact) mass is 360 g/mol. The number of carbonyl (C=O) groups excluding carboxylic acids is 1. The second-order valence-corrected chi connectivity index (χ2v) is 5.99. The molecule has 0 unspecified atom stereocenters. The molecule has 132 valence electrons. The van der Waals surface area contributed by atoms with Crippen LogP contribution in [-0.2, 0) is 0 Å². The molecule has 1 aromatic heterocycles. The number of halogens is 2. The van der Waals surface area contributed by atoms with Crippen LogP contribution in [0, 0.1) is 11.6 Å². The summed E-state index contributed by atoms with van der Waals surface area (Å²) in [6, 6.07) is 21.6. The summed E-state index contributed by atoms with van der Waals surface area (Å²) >= 11 is 0. The lowest BCUT2D eigenvalue weighted by atomic mass is 10.0. The zero-order chi connectivity index (χ0) is 18.8. The van der Waals surface area contributed by atoms with E-state index in [9.17, 15) is 13.6 Å². The largest absolute Gasteiger partial charge is 0.317 e. The average Bonchev–Trinajstić information content (AvgIpc) is 2.70. The van der Waals surface area contributed by atoms with Gasteiger partial charge in [-0.3, -0.25) is 4.79 Å². The van der Waals surface area contributed by atoms with Crippen molar-refractivity contribution in [2.45, 2.75) is 0 Å². The summed E-state index contributed by atoms with van der Waals surface area (Å²) in [5.74, 6) is -2.26.